The molecule has 3 heterocycles. The molecule has 2 aromatic rings. The van der Waals surface area contributed by atoms with Gasteiger partial charge in [-0.1, -0.05) is 60.7 Å². The Labute approximate surface area is 271 Å². The Kier molecular flexibility index (Phi) is 8.95. The molecule has 4 aliphatic rings. The Morgan fingerprint density at radius 2 is 1.98 bits per heavy atom. The fraction of sp³-hybridized carbons (Fsp3) is 0.371. The smallest absolute Gasteiger partial charge is 0.246 e. The summed E-state index contributed by atoms with van der Waals surface area (Å²) >= 11 is 6.61. The van der Waals surface area contributed by atoms with E-state index in [9.17, 15) is 19.7 Å². The standard InChI is InChI=1S/C35H33ClF2N6O2/c1-3-30(45)44-15-14-43(19-23(44)12-13-39)34-27-11-10-26(25-8-4-6-21-7-5-9-29(36)31(21)25)32(38)33(27)41-35(28(34)17-40)46-20-24-16-22(37)18-42(24)2/h3-11,22-24,27,33H,1,12,14-16,18-20H2,2H3/t22-,23+,24+,27?,33?/m1/s1. The fourth-order valence-corrected chi connectivity index (χ4v) is 7.29. The Morgan fingerprint density at radius 1 is 1.20 bits per heavy atom. The maximum atomic E-state index is 16.9. The third kappa shape index (κ3) is 5.68. The molecule has 11 heteroatoms. The number of likely N-dealkylation sites (N-methyl/N-ethyl adjacent to an activating group) is 1. The second-order valence-electron chi connectivity index (χ2n) is 12.0. The number of nitrogens with zero attached hydrogens (tertiary/aromatic N) is 6. The molecule has 0 spiro atoms. The molecule has 2 fully saturated rings. The van der Waals surface area contributed by atoms with Gasteiger partial charge in [0, 0.05) is 59.8 Å². The molecule has 1 amide bonds. The highest BCUT2D eigenvalue weighted by Crippen LogP contribution is 2.44. The van der Waals surface area contributed by atoms with Crippen LogP contribution in [0, 0.1) is 28.6 Å². The summed E-state index contributed by atoms with van der Waals surface area (Å²) in [5, 5.41) is 22.1. The van der Waals surface area contributed by atoms with Gasteiger partial charge in [0.05, 0.1) is 18.5 Å². The molecule has 8 nitrogen and oxygen atoms in total. The van der Waals surface area contributed by atoms with Crippen LogP contribution in [-0.4, -0.2) is 90.6 Å². The average Bonchev–Trinajstić information content (AvgIpc) is 3.39. The van der Waals surface area contributed by atoms with Crippen LogP contribution >= 0.6 is 11.6 Å². The van der Waals surface area contributed by atoms with Crippen LogP contribution in [0.15, 0.2) is 83.3 Å². The van der Waals surface area contributed by atoms with Gasteiger partial charge in [-0.15, -0.1) is 0 Å². The van der Waals surface area contributed by atoms with E-state index in [0.717, 1.165) is 10.8 Å². The zero-order chi connectivity index (χ0) is 32.5. The topological polar surface area (TPSA) is 96.0 Å². The van der Waals surface area contributed by atoms with Crippen LogP contribution < -0.4 is 0 Å². The first kappa shape index (κ1) is 31.5. The van der Waals surface area contributed by atoms with E-state index >= 15 is 4.39 Å². The van der Waals surface area contributed by atoms with Crippen molar-refractivity contribution in [3.63, 3.8) is 0 Å². The largest absolute Gasteiger partial charge is 0.475 e. The average molecular weight is 643 g/mol. The lowest BCUT2D eigenvalue weighted by Crippen LogP contribution is -2.56. The quantitative estimate of drug-likeness (QED) is 0.381. The number of carbonyl (C=O) groups is 1. The van der Waals surface area contributed by atoms with Gasteiger partial charge in [0.15, 0.2) is 0 Å². The molecule has 0 radical (unpaired) electrons. The highest BCUT2D eigenvalue weighted by atomic mass is 35.5. The second kappa shape index (κ2) is 13.1. The van der Waals surface area contributed by atoms with Gasteiger partial charge in [-0.05, 0) is 36.6 Å². The van der Waals surface area contributed by atoms with Crippen molar-refractivity contribution in [2.75, 3.05) is 39.8 Å². The number of hydrogen-bond donors (Lipinski definition) is 0. The number of aliphatic imine (C=N–C) groups is 1. The number of carbonyl (C=O) groups excluding carboxylic acids is 1. The first-order valence-electron chi connectivity index (χ1n) is 15.3. The number of hydrogen-bond acceptors (Lipinski definition) is 7. The number of benzene rings is 2. The number of piperazine rings is 1. The van der Waals surface area contributed by atoms with Gasteiger partial charge in [-0.2, -0.15) is 10.5 Å². The van der Waals surface area contributed by atoms with E-state index in [-0.39, 0.29) is 62.5 Å². The highest BCUT2D eigenvalue weighted by Gasteiger charge is 2.43. The minimum absolute atomic E-state index is 0.00311. The lowest BCUT2D eigenvalue weighted by atomic mass is 9.81. The Balaban J connectivity index is 1.42. The summed E-state index contributed by atoms with van der Waals surface area (Å²) in [6.45, 7) is 4.84. The van der Waals surface area contributed by atoms with Crippen LogP contribution in [0.1, 0.15) is 18.4 Å². The van der Waals surface area contributed by atoms with E-state index in [1.807, 2.05) is 53.3 Å². The molecule has 5 atom stereocenters. The number of likely N-dealkylation sites (tertiary alicyclic amines) is 1. The summed E-state index contributed by atoms with van der Waals surface area (Å²) in [5.74, 6) is -1.42. The van der Waals surface area contributed by atoms with E-state index in [2.05, 4.69) is 18.7 Å². The summed E-state index contributed by atoms with van der Waals surface area (Å²) in [6, 6.07) is 13.8. The normalized spacial score (nSPS) is 26.5. The lowest BCUT2D eigenvalue weighted by molar-refractivity contribution is -0.130. The molecule has 46 heavy (non-hydrogen) atoms. The van der Waals surface area contributed by atoms with Crippen molar-refractivity contribution in [1.82, 2.24) is 14.7 Å². The van der Waals surface area contributed by atoms with Gasteiger partial charge in [0.2, 0.25) is 11.8 Å². The SMILES string of the molecule is C=CC(=O)N1CCN(C2=C(C#N)C(OC[C@@H]3C[C@@H](F)CN3C)=NC3C(F)=C(c4cccc5cccc(Cl)c45)C=CC23)C[C@@H]1CC#N. The van der Waals surface area contributed by atoms with Crippen molar-refractivity contribution in [3.8, 4) is 12.1 Å². The van der Waals surface area contributed by atoms with Crippen LogP contribution in [0.25, 0.3) is 16.3 Å². The van der Waals surface area contributed by atoms with Gasteiger partial charge < -0.3 is 14.5 Å². The highest BCUT2D eigenvalue weighted by molar-refractivity contribution is 6.36. The summed E-state index contributed by atoms with van der Waals surface area (Å²) < 4.78 is 37.2. The Morgan fingerprint density at radius 3 is 2.67 bits per heavy atom. The molecule has 1 aliphatic carbocycles. The van der Waals surface area contributed by atoms with Gasteiger partial charge in [-0.25, -0.2) is 13.8 Å². The maximum absolute atomic E-state index is 16.9. The number of ether oxygens (including phenoxy) is 1. The van der Waals surface area contributed by atoms with Gasteiger partial charge >= 0.3 is 0 Å². The number of alkyl halides is 1. The fourth-order valence-electron chi connectivity index (χ4n) is 7.01. The van der Waals surface area contributed by atoms with Crippen LogP contribution in [-0.2, 0) is 9.53 Å². The number of amides is 1. The molecule has 0 aromatic heterocycles. The van der Waals surface area contributed by atoms with Crippen LogP contribution in [0.3, 0.4) is 0 Å². The molecule has 0 bridgehead atoms. The number of halogens is 3. The van der Waals surface area contributed by atoms with E-state index in [4.69, 9.17) is 21.3 Å². The van der Waals surface area contributed by atoms with Crippen molar-refractivity contribution in [1.29, 1.82) is 10.5 Å². The van der Waals surface area contributed by atoms with Crippen molar-refractivity contribution in [2.45, 2.75) is 37.1 Å². The third-order valence-electron chi connectivity index (χ3n) is 9.28. The van der Waals surface area contributed by atoms with E-state index in [1.165, 1.54) is 6.08 Å². The minimum Gasteiger partial charge on any atom is -0.475 e. The number of fused-ring (bicyclic) bond motifs is 2. The minimum atomic E-state index is -1.04. The van der Waals surface area contributed by atoms with Crippen molar-refractivity contribution >= 4 is 39.8 Å². The van der Waals surface area contributed by atoms with E-state index in [1.54, 1.807) is 17.0 Å². The van der Waals surface area contributed by atoms with E-state index in [0.29, 0.717) is 28.4 Å². The van der Waals surface area contributed by atoms with Crippen molar-refractivity contribution in [3.05, 3.63) is 88.9 Å². The molecule has 2 saturated heterocycles. The number of rotatable bonds is 6. The van der Waals surface area contributed by atoms with Crippen LogP contribution in [0.5, 0.6) is 0 Å². The molecule has 2 unspecified atom stereocenters. The summed E-state index contributed by atoms with van der Waals surface area (Å²) in [7, 11) is 1.81. The van der Waals surface area contributed by atoms with Gasteiger partial charge in [-0.3, -0.25) is 9.69 Å². The predicted molar refractivity (Wildman–Crippen MR) is 173 cm³/mol. The van der Waals surface area contributed by atoms with Gasteiger partial charge in [0.1, 0.15) is 36.3 Å². The molecular formula is C35H33ClF2N6O2. The van der Waals surface area contributed by atoms with E-state index < -0.39 is 30.0 Å². The maximum Gasteiger partial charge on any atom is 0.246 e. The molecule has 0 N–H and O–H groups in total. The first-order chi connectivity index (χ1) is 22.2. The molecule has 2 aromatic carbocycles. The molecule has 6 rings (SSSR count). The second-order valence-corrected chi connectivity index (χ2v) is 12.4. The third-order valence-corrected chi connectivity index (χ3v) is 9.60. The molecular weight excluding hydrogens is 610 g/mol. The van der Waals surface area contributed by atoms with Crippen LogP contribution in [0.2, 0.25) is 5.02 Å². The van der Waals surface area contributed by atoms with Gasteiger partial charge in [0.25, 0.3) is 0 Å². The van der Waals surface area contributed by atoms with Crippen LogP contribution in [0.4, 0.5) is 8.78 Å². The van der Waals surface area contributed by atoms with Crippen molar-refractivity contribution < 1.29 is 18.3 Å². The summed E-state index contributed by atoms with van der Waals surface area (Å²) in [6.07, 6.45) is 4.16. The Hall–Kier alpha value is -4.51. The first-order valence-corrected chi connectivity index (χ1v) is 15.6. The zero-order valence-electron chi connectivity index (χ0n) is 25.4. The zero-order valence-corrected chi connectivity index (χ0v) is 26.1. The number of dihydropyridines is 1. The Bertz CT molecular complexity index is 1780. The van der Waals surface area contributed by atoms with Crippen molar-refractivity contribution in [2.24, 2.45) is 10.9 Å². The molecule has 0 saturated carbocycles. The predicted octanol–water partition coefficient (Wildman–Crippen LogP) is 5.59. The molecule has 3 aliphatic heterocycles. The number of allylic oxidation sites excluding steroid dienone is 2. The monoisotopic (exact) mass is 642 g/mol. The summed E-state index contributed by atoms with van der Waals surface area (Å²) in [5.41, 5.74) is 1.64. The molecule has 236 valence electrons. The summed E-state index contributed by atoms with van der Waals surface area (Å²) in [4.78, 5) is 22.7. The number of nitriles is 2. The lowest BCUT2D eigenvalue weighted by Gasteiger charge is -2.45.